The fourth-order valence-corrected chi connectivity index (χ4v) is 9.51. The van der Waals surface area contributed by atoms with E-state index < -0.39 is 0 Å². The summed E-state index contributed by atoms with van der Waals surface area (Å²) in [7, 11) is 0. The van der Waals surface area contributed by atoms with E-state index in [1.807, 2.05) is 90.2 Å². The SMILES string of the molecule is c1ccc(-c2nc(-c3ccccc3)nc(-c3ccc4nc(-c5ccc(-n6c7ccccc7c7cc(-c8cccc9c8sc8ccccc89)ccc76)cc5)oc4c3)n2)cc1. The first-order valence-corrected chi connectivity index (χ1v) is 20.4. The lowest BCUT2D eigenvalue weighted by molar-refractivity contribution is 0.620. The van der Waals surface area contributed by atoms with Gasteiger partial charge in [-0.25, -0.2) is 19.9 Å². The predicted molar refractivity (Wildman–Crippen MR) is 242 cm³/mol. The highest BCUT2D eigenvalue weighted by molar-refractivity contribution is 7.26. The molecular weight excluding hydrogens is 743 g/mol. The minimum atomic E-state index is 0.552. The molecule has 0 spiro atoms. The quantitative estimate of drug-likeness (QED) is 0.168. The molecule has 4 heterocycles. The third kappa shape index (κ3) is 5.62. The van der Waals surface area contributed by atoms with Crippen LogP contribution in [0, 0.1) is 0 Å². The molecule has 6 nitrogen and oxygen atoms in total. The molecular formula is C52H31N5OS. The monoisotopic (exact) mass is 773 g/mol. The molecule has 7 heteroatoms. The molecule has 0 unspecified atom stereocenters. The Morgan fingerprint density at radius 3 is 1.78 bits per heavy atom. The Hall–Kier alpha value is -7.74. The normalized spacial score (nSPS) is 11.7. The molecule has 0 aliphatic carbocycles. The van der Waals surface area contributed by atoms with Crippen molar-refractivity contribution in [1.29, 1.82) is 0 Å². The van der Waals surface area contributed by atoms with Gasteiger partial charge in [0.15, 0.2) is 23.1 Å². The van der Waals surface area contributed by atoms with Gasteiger partial charge in [0.2, 0.25) is 5.89 Å². The number of thiophene rings is 1. The second kappa shape index (κ2) is 13.4. The van der Waals surface area contributed by atoms with E-state index in [9.17, 15) is 0 Å². The third-order valence-electron chi connectivity index (χ3n) is 11.1. The van der Waals surface area contributed by atoms with Crippen LogP contribution >= 0.6 is 11.3 Å². The molecule has 0 atom stereocenters. The van der Waals surface area contributed by atoms with Crippen LogP contribution in [-0.4, -0.2) is 24.5 Å². The summed E-state index contributed by atoms with van der Waals surface area (Å²) in [6.07, 6.45) is 0. The van der Waals surface area contributed by atoms with E-state index >= 15 is 0 Å². The van der Waals surface area contributed by atoms with E-state index in [2.05, 4.69) is 114 Å². The maximum atomic E-state index is 6.43. The summed E-state index contributed by atoms with van der Waals surface area (Å²) in [6.45, 7) is 0. The fourth-order valence-electron chi connectivity index (χ4n) is 8.27. The number of nitrogens with zero attached hydrogens (tertiary/aromatic N) is 5. The number of aromatic nitrogens is 5. The highest BCUT2D eigenvalue weighted by Crippen LogP contribution is 2.42. The van der Waals surface area contributed by atoms with E-state index in [1.54, 1.807) is 0 Å². The highest BCUT2D eigenvalue weighted by Gasteiger charge is 2.18. The summed E-state index contributed by atoms with van der Waals surface area (Å²) in [4.78, 5) is 19.5. The summed E-state index contributed by atoms with van der Waals surface area (Å²) in [5.74, 6) is 2.34. The number of hydrogen-bond acceptors (Lipinski definition) is 6. The molecule has 0 fully saturated rings. The molecule has 59 heavy (non-hydrogen) atoms. The molecule has 0 bridgehead atoms. The van der Waals surface area contributed by atoms with Crippen LogP contribution in [0.3, 0.4) is 0 Å². The standard InChI is InChI=1S/C52H31N5OS/c1-3-12-32(13-4-1)49-54-50(33-14-5-2-6-15-33)56-51(55-49)36-24-28-43-46(31-36)58-52(53-43)34-22-26-37(27-23-34)57-44-20-9-7-16-39(44)42-30-35(25-29-45(42)57)38-18-11-19-41-40-17-8-10-21-47(40)59-48(38)41/h1-31H. The molecule has 0 amide bonds. The summed E-state index contributed by atoms with van der Waals surface area (Å²) in [6, 6.07) is 65.3. The number of hydrogen-bond donors (Lipinski definition) is 0. The van der Waals surface area contributed by atoms with Crippen molar-refractivity contribution in [1.82, 2.24) is 24.5 Å². The zero-order valence-electron chi connectivity index (χ0n) is 31.5. The van der Waals surface area contributed by atoms with Crippen LogP contribution in [0.15, 0.2) is 192 Å². The molecule has 0 radical (unpaired) electrons. The average Bonchev–Trinajstić information content (AvgIpc) is 4.01. The van der Waals surface area contributed by atoms with Gasteiger partial charge in [0.25, 0.3) is 0 Å². The van der Waals surface area contributed by atoms with Gasteiger partial charge >= 0.3 is 0 Å². The molecule has 12 rings (SSSR count). The highest BCUT2D eigenvalue weighted by atomic mass is 32.1. The van der Waals surface area contributed by atoms with E-state index in [-0.39, 0.29) is 0 Å². The zero-order chi connectivity index (χ0) is 38.9. The zero-order valence-corrected chi connectivity index (χ0v) is 32.3. The van der Waals surface area contributed by atoms with Gasteiger partial charge in [-0.15, -0.1) is 11.3 Å². The molecule has 12 aromatic rings. The first-order chi connectivity index (χ1) is 29.2. The Balaban J connectivity index is 0.903. The topological polar surface area (TPSA) is 69.6 Å². The van der Waals surface area contributed by atoms with Crippen LogP contribution in [0.2, 0.25) is 0 Å². The van der Waals surface area contributed by atoms with E-state index in [0.29, 0.717) is 28.9 Å². The van der Waals surface area contributed by atoms with Crippen molar-refractivity contribution in [2.75, 3.05) is 0 Å². The number of benzene rings is 8. The van der Waals surface area contributed by atoms with Crippen LogP contribution in [-0.2, 0) is 0 Å². The molecule has 8 aromatic carbocycles. The minimum Gasteiger partial charge on any atom is -0.436 e. The van der Waals surface area contributed by atoms with Crippen molar-refractivity contribution in [2.45, 2.75) is 0 Å². The van der Waals surface area contributed by atoms with Crippen LogP contribution < -0.4 is 0 Å². The first kappa shape index (κ1) is 33.4. The lowest BCUT2D eigenvalue weighted by Gasteiger charge is -2.09. The van der Waals surface area contributed by atoms with Gasteiger partial charge in [-0.3, -0.25) is 0 Å². The number of oxazole rings is 1. The van der Waals surface area contributed by atoms with Gasteiger partial charge in [0.1, 0.15) is 5.52 Å². The largest absolute Gasteiger partial charge is 0.436 e. The van der Waals surface area contributed by atoms with Crippen molar-refractivity contribution in [3.8, 4) is 62.4 Å². The van der Waals surface area contributed by atoms with E-state index in [1.165, 1.54) is 42.1 Å². The lowest BCUT2D eigenvalue weighted by Crippen LogP contribution is -2.00. The van der Waals surface area contributed by atoms with Gasteiger partial charge in [0.05, 0.1) is 11.0 Å². The molecule has 0 saturated carbocycles. The van der Waals surface area contributed by atoms with Gasteiger partial charge in [-0.05, 0) is 77.9 Å². The molecule has 0 saturated heterocycles. The van der Waals surface area contributed by atoms with Gasteiger partial charge in [-0.2, -0.15) is 0 Å². The van der Waals surface area contributed by atoms with Crippen molar-refractivity contribution in [3.63, 3.8) is 0 Å². The van der Waals surface area contributed by atoms with Gasteiger partial charge < -0.3 is 8.98 Å². The smallest absolute Gasteiger partial charge is 0.227 e. The maximum absolute atomic E-state index is 6.43. The average molecular weight is 774 g/mol. The summed E-state index contributed by atoms with van der Waals surface area (Å²) in [5, 5.41) is 5.06. The Morgan fingerprint density at radius 1 is 0.407 bits per heavy atom. The first-order valence-electron chi connectivity index (χ1n) is 19.5. The molecule has 0 aliphatic rings. The van der Waals surface area contributed by atoms with Crippen molar-refractivity contribution < 1.29 is 4.42 Å². The van der Waals surface area contributed by atoms with Crippen LogP contribution in [0.4, 0.5) is 0 Å². The molecule has 0 aliphatic heterocycles. The van der Waals surface area contributed by atoms with E-state index in [4.69, 9.17) is 24.4 Å². The Labute approximate surface area is 342 Å². The number of fused-ring (bicyclic) bond motifs is 7. The van der Waals surface area contributed by atoms with Gasteiger partial charge in [-0.1, -0.05) is 121 Å². The second-order valence-corrected chi connectivity index (χ2v) is 15.7. The summed E-state index contributed by atoms with van der Waals surface area (Å²) >= 11 is 1.87. The Bertz CT molecular complexity index is 3490. The van der Waals surface area contributed by atoms with Crippen LogP contribution in [0.5, 0.6) is 0 Å². The summed E-state index contributed by atoms with van der Waals surface area (Å²) in [5.41, 5.74) is 10.8. The number of rotatable bonds is 6. The third-order valence-corrected chi connectivity index (χ3v) is 12.3. The second-order valence-electron chi connectivity index (χ2n) is 14.7. The van der Waals surface area contributed by atoms with Crippen molar-refractivity contribution >= 4 is 64.4 Å². The fraction of sp³-hybridized carbons (Fsp3) is 0. The summed E-state index contributed by atoms with van der Waals surface area (Å²) < 4.78 is 11.4. The van der Waals surface area contributed by atoms with Crippen LogP contribution in [0.25, 0.3) is 116 Å². The van der Waals surface area contributed by atoms with E-state index in [0.717, 1.165) is 44.5 Å². The Kier molecular flexibility index (Phi) is 7.61. The molecule has 4 aromatic heterocycles. The lowest BCUT2D eigenvalue weighted by atomic mass is 10.0. The van der Waals surface area contributed by atoms with Crippen LogP contribution in [0.1, 0.15) is 0 Å². The maximum Gasteiger partial charge on any atom is 0.227 e. The molecule has 0 N–H and O–H groups in total. The van der Waals surface area contributed by atoms with Crippen molar-refractivity contribution in [2.24, 2.45) is 0 Å². The minimum absolute atomic E-state index is 0.552. The van der Waals surface area contributed by atoms with Gasteiger partial charge in [0, 0.05) is 58.9 Å². The van der Waals surface area contributed by atoms with Crippen molar-refractivity contribution in [3.05, 3.63) is 188 Å². The predicted octanol–water partition coefficient (Wildman–Crippen LogP) is 13.8. The Morgan fingerprint density at radius 2 is 1.02 bits per heavy atom. The number of para-hydroxylation sites is 1. The molecule has 276 valence electrons.